The molecule has 0 bridgehead atoms. The summed E-state index contributed by atoms with van der Waals surface area (Å²) in [6.07, 6.45) is 0. The molecule has 0 aromatic heterocycles. The summed E-state index contributed by atoms with van der Waals surface area (Å²) in [4.78, 5) is 12.5. The lowest BCUT2D eigenvalue weighted by Crippen LogP contribution is -2.13. The van der Waals surface area contributed by atoms with Gasteiger partial charge in [0, 0.05) is 15.7 Å². The minimum atomic E-state index is -0.255. The molecule has 5 nitrogen and oxygen atoms in total. The monoisotopic (exact) mass is 379 g/mol. The number of halogens is 1. The lowest BCUT2D eigenvalue weighted by atomic mass is 10.1. The number of ether oxygens (including phenoxy) is 3. The van der Waals surface area contributed by atoms with E-state index in [1.54, 1.807) is 12.1 Å². The highest BCUT2D eigenvalue weighted by Gasteiger charge is 2.17. The second kappa shape index (κ2) is 7.37. The quantitative estimate of drug-likeness (QED) is 0.851. The summed E-state index contributed by atoms with van der Waals surface area (Å²) >= 11 is 3.40. The normalized spacial score (nSPS) is 10.1. The molecule has 0 unspecified atom stereocenters. The molecule has 1 amide bonds. The Hall–Kier alpha value is -2.21. The second-order valence-electron chi connectivity index (χ2n) is 4.83. The zero-order chi connectivity index (χ0) is 17.0. The van der Waals surface area contributed by atoms with Gasteiger partial charge in [-0.3, -0.25) is 4.79 Å². The van der Waals surface area contributed by atoms with Gasteiger partial charge in [0.2, 0.25) is 5.75 Å². The van der Waals surface area contributed by atoms with Gasteiger partial charge in [-0.2, -0.15) is 0 Å². The standard InChI is InChI=1S/C17H18BrNO4/c1-10-7-12(18)5-6-13(10)19-17(20)11-8-14(21-2)16(23-4)15(9-11)22-3/h5-9H,1-4H3,(H,19,20). The van der Waals surface area contributed by atoms with Crippen molar-refractivity contribution in [3.05, 3.63) is 45.9 Å². The van der Waals surface area contributed by atoms with Crippen molar-refractivity contribution in [3.63, 3.8) is 0 Å². The molecule has 122 valence electrons. The SMILES string of the molecule is COc1cc(C(=O)Nc2ccc(Br)cc2C)cc(OC)c1OC. The number of hydrogen-bond donors (Lipinski definition) is 1. The topological polar surface area (TPSA) is 56.8 Å². The van der Waals surface area contributed by atoms with Gasteiger partial charge in [0.15, 0.2) is 11.5 Å². The van der Waals surface area contributed by atoms with Crippen molar-refractivity contribution in [3.8, 4) is 17.2 Å². The molecule has 0 atom stereocenters. The van der Waals surface area contributed by atoms with Gasteiger partial charge in [-0.05, 0) is 42.8 Å². The van der Waals surface area contributed by atoms with E-state index in [1.165, 1.54) is 21.3 Å². The number of carbonyl (C=O) groups excluding carboxylic acids is 1. The van der Waals surface area contributed by atoms with Crippen molar-refractivity contribution in [1.82, 2.24) is 0 Å². The van der Waals surface area contributed by atoms with Crippen molar-refractivity contribution in [1.29, 1.82) is 0 Å². The van der Waals surface area contributed by atoms with E-state index in [9.17, 15) is 4.79 Å². The maximum absolute atomic E-state index is 12.5. The number of benzene rings is 2. The van der Waals surface area contributed by atoms with Gasteiger partial charge in [0.25, 0.3) is 5.91 Å². The van der Waals surface area contributed by atoms with E-state index in [4.69, 9.17) is 14.2 Å². The first-order chi connectivity index (χ1) is 11.0. The van der Waals surface area contributed by atoms with Gasteiger partial charge in [0.1, 0.15) is 0 Å². The average Bonchev–Trinajstić information content (AvgIpc) is 2.55. The molecule has 0 aliphatic rings. The number of methoxy groups -OCH3 is 3. The first-order valence-corrected chi connectivity index (χ1v) is 7.67. The smallest absolute Gasteiger partial charge is 0.255 e. The molecule has 0 aliphatic heterocycles. The Labute approximate surface area is 143 Å². The van der Waals surface area contributed by atoms with Crippen LogP contribution in [0.15, 0.2) is 34.8 Å². The van der Waals surface area contributed by atoms with Crippen LogP contribution in [0.5, 0.6) is 17.2 Å². The molecule has 0 heterocycles. The van der Waals surface area contributed by atoms with Crippen LogP contribution in [-0.2, 0) is 0 Å². The fourth-order valence-corrected chi connectivity index (χ4v) is 2.65. The minimum Gasteiger partial charge on any atom is -0.493 e. The fourth-order valence-electron chi connectivity index (χ4n) is 2.17. The molecule has 2 aromatic rings. The fraction of sp³-hybridized carbons (Fsp3) is 0.235. The number of anilines is 1. The van der Waals surface area contributed by atoms with E-state index in [1.807, 2.05) is 25.1 Å². The zero-order valence-electron chi connectivity index (χ0n) is 13.4. The second-order valence-corrected chi connectivity index (χ2v) is 5.74. The molecular formula is C17H18BrNO4. The Kier molecular flexibility index (Phi) is 5.50. The summed E-state index contributed by atoms with van der Waals surface area (Å²) in [6.45, 7) is 1.93. The van der Waals surface area contributed by atoms with Gasteiger partial charge in [0.05, 0.1) is 21.3 Å². The van der Waals surface area contributed by atoms with Gasteiger partial charge >= 0.3 is 0 Å². The molecule has 1 N–H and O–H groups in total. The first-order valence-electron chi connectivity index (χ1n) is 6.87. The molecule has 0 aliphatic carbocycles. The Bertz CT molecular complexity index is 706. The van der Waals surface area contributed by atoms with E-state index in [0.717, 1.165) is 15.7 Å². The highest BCUT2D eigenvalue weighted by molar-refractivity contribution is 9.10. The van der Waals surface area contributed by atoms with Gasteiger partial charge < -0.3 is 19.5 Å². The van der Waals surface area contributed by atoms with E-state index in [0.29, 0.717) is 22.8 Å². The van der Waals surface area contributed by atoms with Crippen LogP contribution in [0.1, 0.15) is 15.9 Å². The maximum Gasteiger partial charge on any atom is 0.255 e. The van der Waals surface area contributed by atoms with E-state index in [2.05, 4.69) is 21.2 Å². The van der Waals surface area contributed by atoms with Crippen LogP contribution >= 0.6 is 15.9 Å². The lowest BCUT2D eigenvalue weighted by molar-refractivity contribution is 0.102. The Balaban J connectivity index is 2.35. The number of amides is 1. The van der Waals surface area contributed by atoms with E-state index in [-0.39, 0.29) is 5.91 Å². The molecule has 6 heteroatoms. The molecule has 2 aromatic carbocycles. The van der Waals surface area contributed by atoms with E-state index < -0.39 is 0 Å². The number of rotatable bonds is 5. The maximum atomic E-state index is 12.5. The predicted octanol–water partition coefficient (Wildman–Crippen LogP) is 4.04. The molecule has 0 saturated carbocycles. The first kappa shape index (κ1) is 17.1. The largest absolute Gasteiger partial charge is 0.493 e. The predicted molar refractivity (Wildman–Crippen MR) is 92.9 cm³/mol. The summed E-state index contributed by atoms with van der Waals surface area (Å²) in [6, 6.07) is 8.88. The van der Waals surface area contributed by atoms with Crippen LogP contribution in [0.2, 0.25) is 0 Å². The van der Waals surface area contributed by atoms with Crippen LogP contribution in [0.3, 0.4) is 0 Å². The van der Waals surface area contributed by atoms with E-state index >= 15 is 0 Å². The summed E-state index contributed by atoms with van der Waals surface area (Å²) in [7, 11) is 4.54. The van der Waals surface area contributed by atoms with Crippen molar-refractivity contribution in [2.75, 3.05) is 26.6 Å². The third-order valence-electron chi connectivity index (χ3n) is 3.36. The average molecular weight is 380 g/mol. The van der Waals surface area contributed by atoms with Crippen LogP contribution in [0, 0.1) is 6.92 Å². The number of nitrogens with one attached hydrogen (secondary N) is 1. The van der Waals surface area contributed by atoms with Crippen LogP contribution < -0.4 is 19.5 Å². The van der Waals surface area contributed by atoms with Crippen molar-refractivity contribution in [2.24, 2.45) is 0 Å². The summed E-state index contributed by atoms with van der Waals surface area (Å²) < 4.78 is 16.8. The highest BCUT2D eigenvalue weighted by atomic mass is 79.9. The number of aryl methyl sites for hydroxylation is 1. The minimum absolute atomic E-state index is 0.255. The van der Waals surface area contributed by atoms with Crippen LogP contribution in [0.25, 0.3) is 0 Å². The molecule has 0 fully saturated rings. The third kappa shape index (κ3) is 3.76. The third-order valence-corrected chi connectivity index (χ3v) is 3.86. The summed E-state index contributed by atoms with van der Waals surface area (Å²) in [5.41, 5.74) is 2.12. The Morgan fingerprint density at radius 2 is 1.61 bits per heavy atom. The van der Waals surface area contributed by atoms with Crippen LogP contribution in [-0.4, -0.2) is 27.2 Å². The Morgan fingerprint density at radius 1 is 1.00 bits per heavy atom. The molecular weight excluding hydrogens is 362 g/mol. The van der Waals surface area contributed by atoms with Gasteiger partial charge in [-0.1, -0.05) is 15.9 Å². The number of carbonyl (C=O) groups is 1. The summed E-state index contributed by atoms with van der Waals surface area (Å²) in [5, 5.41) is 2.88. The van der Waals surface area contributed by atoms with Crippen molar-refractivity contribution >= 4 is 27.5 Å². The molecule has 0 saturated heterocycles. The van der Waals surface area contributed by atoms with Crippen LogP contribution in [0.4, 0.5) is 5.69 Å². The van der Waals surface area contributed by atoms with Crippen molar-refractivity contribution in [2.45, 2.75) is 6.92 Å². The lowest BCUT2D eigenvalue weighted by Gasteiger charge is -2.14. The summed E-state index contributed by atoms with van der Waals surface area (Å²) in [5.74, 6) is 1.06. The molecule has 23 heavy (non-hydrogen) atoms. The van der Waals surface area contributed by atoms with Gasteiger partial charge in [-0.15, -0.1) is 0 Å². The molecule has 0 radical (unpaired) electrons. The zero-order valence-corrected chi connectivity index (χ0v) is 15.0. The highest BCUT2D eigenvalue weighted by Crippen LogP contribution is 2.38. The van der Waals surface area contributed by atoms with Gasteiger partial charge in [-0.25, -0.2) is 0 Å². The molecule has 2 rings (SSSR count). The van der Waals surface area contributed by atoms with Crippen molar-refractivity contribution < 1.29 is 19.0 Å². The molecule has 0 spiro atoms. The Morgan fingerprint density at radius 3 is 2.09 bits per heavy atom. The number of hydrogen-bond acceptors (Lipinski definition) is 4.